The van der Waals surface area contributed by atoms with E-state index in [-0.39, 0.29) is 69.5 Å². The average Bonchev–Trinajstić information content (AvgIpc) is 1.68. The monoisotopic (exact) mass is 2050 g/mol. The second-order valence-electron chi connectivity index (χ2n) is 20.0. The number of nitrogens with one attached hydrogen (secondary N) is 3. The van der Waals surface area contributed by atoms with Crippen LogP contribution in [0.3, 0.4) is 0 Å². The van der Waals surface area contributed by atoms with Gasteiger partial charge in [-0.05, 0) is 120 Å². The Hall–Kier alpha value is -6.90. The molecule has 0 saturated carbocycles. The molecule has 0 spiro atoms. The summed E-state index contributed by atoms with van der Waals surface area (Å²) in [7, 11) is 34.9. The van der Waals surface area contributed by atoms with Crippen molar-refractivity contribution in [3.63, 3.8) is 0 Å². The van der Waals surface area contributed by atoms with Gasteiger partial charge in [-0.15, -0.1) is 18.2 Å². The van der Waals surface area contributed by atoms with Crippen LogP contribution in [-0.4, -0.2) is 138 Å². The van der Waals surface area contributed by atoms with Crippen LogP contribution in [0.2, 0.25) is 0 Å². The van der Waals surface area contributed by atoms with Crippen molar-refractivity contribution in [2.24, 2.45) is 25.0 Å². The van der Waals surface area contributed by atoms with Gasteiger partial charge in [0.2, 0.25) is 11.8 Å². The van der Waals surface area contributed by atoms with E-state index in [1.54, 1.807) is 76.5 Å². The van der Waals surface area contributed by atoms with Crippen molar-refractivity contribution in [1.29, 1.82) is 0 Å². The average molecular weight is 2050 g/mol. The summed E-state index contributed by atoms with van der Waals surface area (Å²) >= 11 is 4.87. The summed E-state index contributed by atoms with van der Waals surface area (Å²) in [5.74, 6) is 3.48. The molecule has 107 heavy (non-hydrogen) atoms. The first-order valence-corrected chi connectivity index (χ1v) is 37.2. The maximum atomic E-state index is 7.75. The zero-order valence-electron chi connectivity index (χ0n) is 60.3. The molecule has 0 aromatic carbocycles. The Balaban J connectivity index is -0.000000174. The van der Waals surface area contributed by atoms with Crippen LogP contribution in [0.1, 0.15) is 78.2 Å². The molecule has 0 saturated heterocycles. The number of hydrogen-bond donors (Lipinski definition) is 3. The summed E-state index contributed by atoms with van der Waals surface area (Å²) in [6.07, 6.45) is 3.49. The van der Waals surface area contributed by atoms with Gasteiger partial charge in [0.05, 0.1) is 51.3 Å². The molecular weight excluding hydrogens is 1960 g/mol. The van der Waals surface area contributed by atoms with Gasteiger partial charge in [-0.2, -0.15) is 0 Å². The summed E-state index contributed by atoms with van der Waals surface area (Å²) in [6.45, 7) is 43.4. The van der Waals surface area contributed by atoms with Gasteiger partial charge in [0.25, 0.3) is 0 Å². The molecule has 8 aromatic rings. The SMILES string of the molecule is [CH-]=O.[CH-]=O.[CH-]=O.[CH-]=O.[CH-]=O.[CH-]=O.[CH2-]N=c1cccc(-c2ccccn2)[n-]1.[CH2-]N=c1cccc(C2=NC(C)(C)CO2)[n-]1.[CH2-]N=c1cccc(CN(CC)CC)[n-]1.[CH2-]Nc1cccc(-c2ccccn2)n1.[CH2-]Nc1cccc(C2=NC(C)(C)CO2)n1.[CH2-]Nc1cccc(CN(CC)CC)n1.[Cl][RuH+2].[Cl][RuH+2].[Cl][RuH].[RuH+3].[RuH+3].[RuH]. The van der Waals surface area contributed by atoms with Gasteiger partial charge in [-0.25, -0.2) is 41.4 Å². The zero-order valence-corrected chi connectivity index (χ0v) is 73.7. The predicted molar refractivity (Wildman–Crippen MR) is 411 cm³/mol. The van der Waals surface area contributed by atoms with E-state index in [0.29, 0.717) is 53.0 Å². The molecule has 0 atom stereocenters. The Labute approximate surface area is 712 Å². The Bertz CT molecular complexity index is 3710. The second kappa shape index (κ2) is 77.3. The molecule has 10 rings (SSSR count). The van der Waals surface area contributed by atoms with Gasteiger partial charge in [0.15, 0.2) is 0 Å². The zero-order chi connectivity index (χ0) is 80.2. The normalized spacial score (nSPS) is 11.5. The third-order valence-electron chi connectivity index (χ3n) is 12.4. The van der Waals surface area contributed by atoms with E-state index in [0.717, 1.165) is 90.8 Å². The maximum absolute atomic E-state index is 7.75. The molecule has 2 aliphatic heterocycles. The fourth-order valence-corrected chi connectivity index (χ4v) is 7.73. The van der Waals surface area contributed by atoms with Gasteiger partial charge in [0.1, 0.15) is 18.9 Å². The Morgan fingerprint density at radius 2 is 0.804 bits per heavy atom. The first-order valence-electron chi connectivity index (χ1n) is 30.0. The molecule has 3 N–H and O–H groups in total. The van der Waals surface area contributed by atoms with Crippen molar-refractivity contribution in [3.8, 4) is 22.8 Å². The molecule has 0 amide bonds. The Morgan fingerprint density at radius 1 is 0.458 bits per heavy atom. The quantitative estimate of drug-likeness (QED) is 0.0491. The van der Waals surface area contributed by atoms with Gasteiger partial charge in [-0.1, -0.05) is 100 Å². The van der Waals surface area contributed by atoms with Crippen LogP contribution in [0.5, 0.6) is 0 Å². The van der Waals surface area contributed by atoms with Gasteiger partial charge >= 0.3 is 139 Å². The standard InChI is InChI=1S/C11H14N3O.C11H13N3O.C11H10N3.C11H9N3.C11H18N3.C11H17N3.6CHO.3ClH.6Ru.6H/c2*1-11(2)7-15-10(14-11)8-5-4-6-9(12-3)13-8;2*1-12-11-7-4-6-10(14-11)9-5-2-3-8-13-9;2*1-4-14(5-2)9-10-7-6-8-11(12-3)13-10;6*1-2;;;;;;;;;;;;;;;/h4-6H,3,7H2,1-2H3,(H,12,13);4-6H,3,7H2,1-2H3;2-8H,1H2,(H,12,14);2-8H,1H2;6-8H,3-5,9H2,1-2H3,(H,12,13);6-8H,3-5,9H2,1-2H3;6*1H;3*1H;;;;;;;;;;;;/q-1;-2;-1;-2;-1;-2;6*-1;;;;;+1;4*+3;;;;;;/p-3. The summed E-state index contributed by atoms with van der Waals surface area (Å²) in [5.41, 5.74) is 8.57. The molecular formula is C72H93Cl3N18O8Ru6-5. The summed E-state index contributed by atoms with van der Waals surface area (Å²) < 4.78 is 11.0. The summed E-state index contributed by atoms with van der Waals surface area (Å²) in [4.78, 5) is 106. The third kappa shape index (κ3) is 51.2. The van der Waals surface area contributed by atoms with Crippen molar-refractivity contribution in [3.05, 3.63) is 240 Å². The van der Waals surface area contributed by atoms with E-state index in [2.05, 4.69) is 230 Å². The number of halogens is 3. The molecule has 26 nitrogen and oxygen atoms in total. The van der Waals surface area contributed by atoms with Crippen LogP contribution in [0.15, 0.2) is 183 Å². The van der Waals surface area contributed by atoms with Crippen LogP contribution in [0.25, 0.3) is 22.8 Å². The van der Waals surface area contributed by atoms with Crippen LogP contribution >= 0.6 is 29.1 Å². The molecule has 0 unspecified atom stereocenters. The van der Waals surface area contributed by atoms with E-state index < -0.39 is 0 Å². The number of aromatic nitrogens is 8. The topological polar surface area (TPSA) is 332 Å². The minimum absolute atomic E-state index is 0. The minimum atomic E-state index is -0.158. The molecule has 8 aromatic heterocycles. The van der Waals surface area contributed by atoms with E-state index in [1.807, 2.05) is 161 Å². The number of hydrogen-bond acceptors (Lipinski definition) is 23. The summed E-state index contributed by atoms with van der Waals surface area (Å²) in [5, 5.41) is 8.29. The molecule has 0 fully saturated rings. The van der Waals surface area contributed by atoms with Crippen LogP contribution in [0, 0.1) is 42.3 Å². The molecule has 10 heterocycles. The summed E-state index contributed by atoms with van der Waals surface area (Å²) in [6, 6.07) is 45.7. The Kier molecular flexibility index (Phi) is 83.7. The number of nitrogens with zero attached hydrogens (tertiary/aromatic N) is 15. The molecule has 35 heteroatoms. The number of pyridine rings is 8. The van der Waals surface area contributed by atoms with Crippen molar-refractivity contribution in [1.82, 2.24) is 49.7 Å². The first kappa shape index (κ1) is 116. The van der Waals surface area contributed by atoms with Crippen molar-refractivity contribution in [2.75, 3.05) is 55.3 Å². The van der Waals surface area contributed by atoms with Crippen LogP contribution in [0.4, 0.5) is 17.5 Å². The van der Waals surface area contributed by atoms with Gasteiger partial charge in [0, 0.05) is 31.2 Å². The van der Waals surface area contributed by atoms with Gasteiger partial charge < -0.3 is 89.0 Å². The van der Waals surface area contributed by atoms with Gasteiger partial charge in [-0.3, -0.25) is 97.9 Å². The molecule has 0 aliphatic carbocycles. The van der Waals surface area contributed by atoms with Crippen molar-refractivity contribution < 1.29 is 149 Å². The number of anilines is 3. The van der Waals surface area contributed by atoms with Crippen LogP contribution in [-0.2, 0) is 162 Å². The number of aliphatic imine (C=N–C) groups is 2. The van der Waals surface area contributed by atoms with Crippen LogP contribution < -0.4 is 47.4 Å². The number of carbonyl (C=O) groups excluding carboxylic acids is 6. The fourth-order valence-electron chi connectivity index (χ4n) is 7.73. The predicted octanol–water partition coefficient (Wildman–Crippen LogP) is 8.58. The first-order chi connectivity index (χ1) is 50.6. The Morgan fingerprint density at radius 3 is 1.21 bits per heavy atom. The van der Waals surface area contributed by atoms with E-state index in [4.69, 9.17) is 38.2 Å². The molecule has 2 aliphatic rings. The van der Waals surface area contributed by atoms with E-state index >= 15 is 0 Å². The molecule has 593 valence electrons. The molecule has 2 radical (unpaired) electrons. The molecule has 0 bridgehead atoms. The number of ether oxygens (including phenoxy) is 2. The number of rotatable bonds is 15. The second-order valence-corrected chi connectivity index (χ2v) is 20.0. The third-order valence-corrected chi connectivity index (χ3v) is 12.4. The van der Waals surface area contributed by atoms with Crippen molar-refractivity contribution in [2.45, 2.75) is 79.6 Å². The fraction of sp³-hybridized carbons (Fsp3) is 0.250. The van der Waals surface area contributed by atoms with E-state index in [9.17, 15) is 0 Å². The van der Waals surface area contributed by atoms with E-state index in [1.165, 1.54) is 0 Å². The van der Waals surface area contributed by atoms with Crippen molar-refractivity contribution >= 4 is 99.1 Å².